The third kappa shape index (κ3) is 2.39. The lowest BCUT2D eigenvalue weighted by Crippen LogP contribution is -2.71. The van der Waals surface area contributed by atoms with Crippen LogP contribution in [0.4, 0.5) is 0 Å². The minimum atomic E-state index is -0.676. The van der Waals surface area contributed by atoms with E-state index in [2.05, 4.69) is 22.3 Å². The fourth-order valence-corrected chi connectivity index (χ4v) is 6.63. The number of phenols is 1. The van der Waals surface area contributed by atoms with Crippen LogP contribution in [-0.2, 0) is 11.8 Å². The molecule has 27 heavy (non-hydrogen) atoms. The summed E-state index contributed by atoms with van der Waals surface area (Å²) in [4.78, 5) is 2.63. The van der Waals surface area contributed by atoms with Crippen LogP contribution in [-0.4, -0.2) is 52.9 Å². The molecular weight excluding hydrogens is 336 g/mol. The van der Waals surface area contributed by atoms with Gasteiger partial charge in [0.1, 0.15) is 5.75 Å². The number of phenolic OH excluding ortho intramolecular Hbond substituents is 1. The molecule has 2 heterocycles. The van der Waals surface area contributed by atoms with Crippen LogP contribution in [0.25, 0.3) is 0 Å². The number of nitrogens with zero attached hydrogens (tertiary/aromatic N) is 1. The van der Waals surface area contributed by atoms with Gasteiger partial charge in [0, 0.05) is 18.0 Å². The number of fused-ring (bicyclic) bond motifs is 1. The van der Waals surface area contributed by atoms with E-state index in [9.17, 15) is 10.2 Å². The minimum Gasteiger partial charge on any atom is -0.508 e. The minimum absolute atomic E-state index is 0.200. The lowest BCUT2D eigenvalue weighted by molar-refractivity contribution is -0.149. The summed E-state index contributed by atoms with van der Waals surface area (Å²) in [7, 11) is 0. The van der Waals surface area contributed by atoms with Crippen molar-refractivity contribution in [1.29, 1.82) is 0 Å². The molecule has 6 rings (SSSR count). The zero-order chi connectivity index (χ0) is 18.2. The van der Waals surface area contributed by atoms with E-state index in [1.54, 1.807) is 0 Å². The Kier molecular flexibility index (Phi) is 3.56. The number of rotatable bonds is 3. The second-order valence-corrected chi connectivity index (χ2v) is 10.0. The first-order chi connectivity index (χ1) is 13.1. The molecule has 3 aliphatic carbocycles. The Morgan fingerprint density at radius 2 is 1.89 bits per heavy atom. The van der Waals surface area contributed by atoms with Crippen LogP contribution >= 0.6 is 0 Å². The van der Waals surface area contributed by atoms with Gasteiger partial charge in [-0.15, -0.1) is 0 Å². The SMILES string of the molecule is Oc1cc2c(cc1C1CC1)C[C@H]1N(CC3CC3)CC[C@@]23CCNCC[C@@]13O. The summed E-state index contributed by atoms with van der Waals surface area (Å²) in [6.45, 7) is 4.11. The monoisotopic (exact) mass is 368 g/mol. The van der Waals surface area contributed by atoms with Crippen LogP contribution in [0.1, 0.15) is 67.6 Å². The van der Waals surface area contributed by atoms with Crippen molar-refractivity contribution in [3.8, 4) is 5.75 Å². The topological polar surface area (TPSA) is 55.7 Å². The van der Waals surface area contributed by atoms with E-state index >= 15 is 0 Å². The molecule has 0 radical (unpaired) electrons. The van der Waals surface area contributed by atoms with Gasteiger partial charge in [-0.2, -0.15) is 0 Å². The molecule has 4 heteroatoms. The first-order valence-corrected chi connectivity index (χ1v) is 11.1. The van der Waals surface area contributed by atoms with Gasteiger partial charge in [-0.3, -0.25) is 4.90 Å². The van der Waals surface area contributed by atoms with Crippen molar-refractivity contribution < 1.29 is 10.2 Å². The molecule has 1 aromatic rings. The lowest BCUT2D eigenvalue weighted by atomic mass is 9.52. The van der Waals surface area contributed by atoms with Crippen molar-refractivity contribution in [2.75, 3.05) is 26.2 Å². The molecule has 2 saturated carbocycles. The van der Waals surface area contributed by atoms with Gasteiger partial charge in [0.25, 0.3) is 0 Å². The Hall–Kier alpha value is -1.10. The van der Waals surface area contributed by atoms with E-state index < -0.39 is 5.60 Å². The predicted octanol–water partition coefficient (Wildman–Crippen LogP) is 2.66. The number of hydrogen-bond donors (Lipinski definition) is 3. The predicted molar refractivity (Wildman–Crippen MR) is 105 cm³/mol. The highest BCUT2D eigenvalue weighted by Crippen LogP contribution is 2.57. The summed E-state index contributed by atoms with van der Waals surface area (Å²) >= 11 is 0. The van der Waals surface area contributed by atoms with Gasteiger partial charge < -0.3 is 15.5 Å². The summed E-state index contributed by atoms with van der Waals surface area (Å²) in [5.74, 6) is 1.89. The molecule has 0 aromatic heterocycles. The van der Waals surface area contributed by atoms with Gasteiger partial charge in [0.05, 0.1) is 5.60 Å². The molecule has 4 fully saturated rings. The van der Waals surface area contributed by atoms with Crippen molar-refractivity contribution in [3.63, 3.8) is 0 Å². The summed E-state index contributed by atoms with van der Waals surface area (Å²) in [6, 6.07) is 4.61. The Labute approximate surface area is 162 Å². The van der Waals surface area contributed by atoms with Crippen molar-refractivity contribution in [2.45, 2.75) is 74.3 Å². The maximum Gasteiger partial charge on any atom is 0.119 e. The number of likely N-dealkylation sites (tertiary alicyclic amines) is 1. The second kappa shape index (κ2) is 5.71. The third-order valence-electron chi connectivity index (χ3n) is 8.45. The number of benzene rings is 1. The van der Waals surface area contributed by atoms with Gasteiger partial charge in [-0.05, 0) is 106 Å². The van der Waals surface area contributed by atoms with Crippen LogP contribution in [0.2, 0.25) is 0 Å². The molecule has 3 N–H and O–H groups in total. The molecule has 0 unspecified atom stereocenters. The average Bonchev–Trinajstić information content (AvgIpc) is 3.53. The Morgan fingerprint density at radius 1 is 1.07 bits per heavy atom. The molecule has 4 nitrogen and oxygen atoms in total. The summed E-state index contributed by atoms with van der Waals surface area (Å²) in [5, 5.41) is 26.5. The van der Waals surface area contributed by atoms with Crippen molar-refractivity contribution in [1.82, 2.24) is 10.2 Å². The average molecular weight is 369 g/mol. The van der Waals surface area contributed by atoms with E-state index in [1.165, 1.54) is 43.4 Å². The Bertz CT molecular complexity index is 772. The van der Waals surface area contributed by atoms with Gasteiger partial charge in [0.15, 0.2) is 0 Å². The molecule has 0 amide bonds. The van der Waals surface area contributed by atoms with E-state index in [0.717, 1.165) is 56.8 Å². The first kappa shape index (κ1) is 16.8. The third-order valence-corrected chi connectivity index (χ3v) is 8.45. The number of aromatic hydroxyl groups is 1. The van der Waals surface area contributed by atoms with E-state index in [0.29, 0.717) is 11.7 Å². The van der Waals surface area contributed by atoms with Crippen LogP contribution in [0, 0.1) is 5.92 Å². The van der Waals surface area contributed by atoms with Crippen molar-refractivity contribution >= 4 is 0 Å². The fourth-order valence-electron chi connectivity index (χ4n) is 6.63. The van der Waals surface area contributed by atoms with Crippen LogP contribution in [0.3, 0.4) is 0 Å². The Morgan fingerprint density at radius 3 is 2.67 bits per heavy atom. The normalized spacial score (nSPS) is 38.8. The molecule has 5 aliphatic rings. The van der Waals surface area contributed by atoms with Gasteiger partial charge >= 0.3 is 0 Å². The molecular formula is C23H32N2O2. The molecule has 146 valence electrons. The smallest absolute Gasteiger partial charge is 0.119 e. The van der Waals surface area contributed by atoms with E-state index in [4.69, 9.17) is 0 Å². The van der Waals surface area contributed by atoms with Gasteiger partial charge in [-0.1, -0.05) is 6.07 Å². The molecule has 0 spiro atoms. The number of hydrogen-bond acceptors (Lipinski definition) is 4. The maximum absolute atomic E-state index is 12.2. The van der Waals surface area contributed by atoms with E-state index in [1.807, 2.05) is 0 Å². The van der Waals surface area contributed by atoms with Crippen LogP contribution < -0.4 is 5.32 Å². The summed E-state index contributed by atoms with van der Waals surface area (Å²) < 4.78 is 0. The Balaban J connectivity index is 1.50. The summed E-state index contributed by atoms with van der Waals surface area (Å²) in [6.07, 6.45) is 8.92. The number of nitrogens with one attached hydrogen (secondary N) is 1. The lowest BCUT2D eigenvalue weighted by Gasteiger charge is -2.61. The highest BCUT2D eigenvalue weighted by molar-refractivity contribution is 5.53. The first-order valence-electron chi connectivity index (χ1n) is 11.1. The maximum atomic E-state index is 12.2. The van der Waals surface area contributed by atoms with Gasteiger partial charge in [0.2, 0.25) is 0 Å². The van der Waals surface area contributed by atoms with Crippen molar-refractivity contribution in [2.24, 2.45) is 5.92 Å². The zero-order valence-corrected chi connectivity index (χ0v) is 16.2. The van der Waals surface area contributed by atoms with Crippen LogP contribution in [0.15, 0.2) is 12.1 Å². The quantitative estimate of drug-likeness (QED) is 0.768. The number of aliphatic hydroxyl groups is 1. The second-order valence-electron chi connectivity index (χ2n) is 10.0. The van der Waals surface area contributed by atoms with E-state index in [-0.39, 0.29) is 11.5 Å². The van der Waals surface area contributed by atoms with Crippen LogP contribution in [0.5, 0.6) is 5.75 Å². The highest BCUT2D eigenvalue weighted by Gasteiger charge is 2.62. The zero-order valence-electron chi connectivity index (χ0n) is 16.2. The fraction of sp³-hybridized carbons (Fsp3) is 0.739. The molecule has 2 saturated heterocycles. The molecule has 3 atom stereocenters. The molecule has 2 aliphatic heterocycles. The molecule has 1 aromatic carbocycles. The summed E-state index contributed by atoms with van der Waals surface area (Å²) in [5.41, 5.74) is 2.96. The largest absolute Gasteiger partial charge is 0.508 e. The highest BCUT2D eigenvalue weighted by atomic mass is 16.3. The van der Waals surface area contributed by atoms with Crippen molar-refractivity contribution in [3.05, 3.63) is 28.8 Å². The van der Waals surface area contributed by atoms with Gasteiger partial charge in [-0.25, -0.2) is 0 Å². The number of piperidine rings is 1. The molecule has 2 bridgehead atoms. The standard InChI is InChI=1S/C23H32N2O2/c26-20-13-19-17(11-18(20)16-3-4-16)12-21-23(27)6-9-24-8-5-22(19,23)7-10-25(21)14-15-1-2-15/h11,13,15-16,21,24,26-27H,1-10,12,14H2/t21-,22+,23-/m1/s1.